The molecule has 0 radical (unpaired) electrons. The van der Waals surface area contributed by atoms with E-state index >= 15 is 0 Å². The summed E-state index contributed by atoms with van der Waals surface area (Å²) in [7, 11) is -4.18. The van der Waals surface area contributed by atoms with Crippen LogP contribution in [0.3, 0.4) is 0 Å². The second kappa shape index (κ2) is 19.8. The fourth-order valence-electron chi connectivity index (χ4n) is 3.28. The number of rotatable bonds is 18. The van der Waals surface area contributed by atoms with Crippen molar-refractivity contribution in [3.8, 4) is 0 Å². The van der Waals surface area contributed by atoms with Crippen LogP contribution in [0.25, 0.3) is 0 Å². The Labute approximate surface area is 205 Å². The zero-order valence-electron chi connectivity index (χ0n) is 17.5. The minimum atomic E-state index is -4.18. The summed E-state index contributed by atoms with van der Waals surface area (Å²) in [6.45, 7) is 3.99. The molecular formula is C20H41KO4S. The summed E-state index contributed by atoms with van der Waals surface area (Å²) in [5.74, 6) is 0. The van der Waals surface area contributed by atoms with Crippen molar-refractivity contribution in [3.05, 3.63) is 0 Å². The Balaban J connectivity index is 0. The summed E-state index contributed by atoms with van der Waals surface area (Å²) in [4.78, 5) is 0. The van der Waals surface area contributed by atoms with Crippen LogP contribution in [-0.4, -0.2) is 29.4 Å². The van der Waals surface area contributed by atoms with Crippen LogP contribution in [0.15, 0.2) is 0 Å². The van der Waals surface area contributed by atoms with Gasteiger partial charge in [0.05, 0.1) is 16.2 Å². The van der Waals surface area contributed by atoms with Gasteiger partial charge in [0.25, 0.3) is 0 Å². The molecule has 0 bridgehead atoms. The third kappa shape index (κ3) is 20.2. The summed E-state index contributed by atoms with van der Waals surface area (Å²) < 4.78 is 34.2. The number of hydrogen-bond donors (Lipinski definition) is 1. The van der Waals surface area contributed by atoms with E-state index in [0.717, 1.165) is 44.9 Å². The van der Waals surface area contributed by atoms with Gasteiger partial charge in [-0.1, -0.05) is 90.4 Å². The predicted molar refractivity (Wildman–Crippen MR) is 105 cm³/mol. The molecule has 2 atom stereocenters. The first-order valence-electron chi connectivity index (χ1n) is 10.5. The molecule has 6 heteroatoms. The van der Waals surface area contributed by atoms with Crippen molar-refractivity contribution in [2.75, 3.05) is 0 Å². The van der Waals surface area contributed by atoms with Crippen LogP contribution in [0.5, 0.6) is 0 Å². The van der Waals surface area contributed by atoms with E-state index < -0.39 is 15.4 Å². The van der Waals surface area contributed by atoms with Crippen LogP contribution in [0.2, 0.25) is 0 Å². The SMILES string of the molecule is CCCCCCCCCCCCC(CCCCCC(C)O)S(=O)(=O)[O-].[K+]. The smallest absolute Gasteiger partial charge is 0.748 e. The topological polar surface area (TPSA) is 77.4 Å². The molecule has 1 N–H and O–H groups in total. The Morgan fingerprint density at radius 2 is 1.08 bits per heavy atom. The van der Waals surface area contributed by atoms with Crippen LogP contribution < -0.4 is 51.4 Å². The van der Waals surface area contributed by atoms with Gasteiger partial charge in [0.1, 0.15) is 0 Å². The van der Waals surface area contributed by atoms with Crippen LogP contribution >= 0.6 is 0 Å². The van der Waals surface area contributed by atoms with Crippen LogP contribution in [0, 0.1) is 0 Å². The maximum atomic E-state index is 11.4. The van der Waals surface area contributed by atoms with Crippen LogP contribution in [0.1, 0.15) is 117 Å². The third-order valence-electron chi connectivity index (χ3n) is 4.94. The quantitative estimate of drug-likeness (QED) is 0.212. The fourth-order valence-corrected chi connectivity index (χ4v) is 4.19. The van der Waals surface area contributed by atoms with Crippen molar-refractivity contribution in [1.29, 1.82) is 0 Å². The molecule has 0 aliphatic carbocycles. The molecule has 26 heavy (non-hydrogen) atoms. The molecule has 0 heterocycles. The Kier molecular flexibility index (Phi) is 22.6. The summed E-state index contributed by atoms with van der Waals surface area (Å²) in [5.41, 5.74) is 0. The van der Waals surface area contributed by atoms with Gasteiger partial charge in [-0.05, 0) is 26.2 Å². The Morgan fingerprint density at radius 1 is 0.731 bits per heavy atom. The number of hydrogen-bond acceptors (Lipinski definition) is 4. The summed E-state index contributed by atoms with van der Waals surface area (Å²) in [6, 6.07) is 0. The van der Waals surface area contributed by atoms with Gasteiger partial charge >= 0.3 is 51.4 Å². The van der Waals surface area contributed by atoms with Gasteiger partial charge in [-0.15, -0.1) is 0 Å². The molecule has 4 nitrogen and oxygen atoms in total. The van der Waals surface area contributed by atoms with Crippen molar-refractivity contribution >= 4 is 10.1 Å². The molecule has 0 aromatic rings. The number of aliphatic hydroxyl groups is 1. The number of aliphatic hydroxyl groups excluding tert-OH is 1. The van der Waals surface area contributed by atoms with Crippen molar-refractivity contribution in [2.24, 2.45) is 0 Å². The molecule has 0 rings (SSSR count). The molecule has 0 amide bonds. The van der Waals surface area contributed by atoms with Gasteiger partial charge in [-0.2, -0.15) is 0 Å². The van der Waals surface area contributed by atoms with E-state index in [-0.39, 0.29) is 57.5 Å². The zero-order chi connectivity index (χ0) is 19.0. The molecule has 0 aliphatic heterocycles. The zero-order valence-corrected chi connectivity index (χ0v) is 21.5. The average molecular weight is 417 g/mol. The molecule has 0 saturated carbocycles. The molecule has 2 unspecified atom stereocenters. The third-order valence-corrected chi connectivity index (χ3v) is 6.22. The fraction of sp³-hybridized carbons (Fsp3) is 1.00. The Hall–Kier alpha value is 1.51. The summed E-state index contributed by atoms with van der Waals surface area (Å²) in [6.07, 6.45) is 16.1. The van der Waals surface area contributed by atoms with Crippen molar-refractivity contribution in [3.63, 3.8) is 0 Å². The van der Waals surface area contributed by atoms with Crippen molar-refractivity contribution in [1.82, 2.24) is 0 Å². The van der Waals surface area contributed by atoms with E-state index in [1.165, 1.54) is 44.9 Å². The van der Waals surface area contributed by atoms with Gasteiger partial charge in [0.2, 0.25) is 0 Å². The van der Waals surface area contributed by atoms with Crippen molar-refractivity contribution < 1.29 is 69.5 Å². The number of unbranched alkanes of at least 4 members (excludes halogenated alkanes) is 11. The Bertz CT molecular complexity index is 385. The monoisotopic (exact) mass is 416 g/mol. The van der Waals surface area contributed by atoms with E-state index in [1.807, 2.05) is 0 Å². The van der Waals surface area contributed by atoms with E-state index in [4.69, 9.17) is 0 Å². The molecule has 0 aromatic carbocycles. The minimum Gasteiger partial charge on any atom is -0.748 e. The molecule has 0 fully saturated rings. The van der Waals surface area contributed by atoms with E-state index in [9.17, 15) is 18.1 Å². The minimum absolute atomic E-state index is 0. The molecule has 0 spiro atoms. The molecule has 152 valence electrons. The molecule has 0 saturated heterocycles. The first-order chi connectivity index (χ1) is 11.9. The predicted octanol–water partition coefficient (Wildman–Crippen LogP) is 2.55. The van der Waals surface area contributed by atoms with Crippen molar-refractivity contribution in [2.45, 2.75) is 128 Å². The molecular weight excluding hydrogens is 375 g/mol. The van der Waals surface area contributed by atoms with E-state index in [1.54, 1.807) is 6.92 Å². The standard InChI is InChI=1S/C20H42O4S.K/c1-3-4-5-6-7-8-9-10-11-14-17-20(25(22,23)24)18-15-12-13-16-19(2)21;/h19-21H,3-18H2,1-2H3,(H,22,23,24);/q;+1/p-1. The normalized spacial score (nSPS) is 14.0. The molecule has 0 aromatic heterocycles. The van der Waals surface area contributed by atoms with Gasteiger partial charge in [0.15, 0.2) is 0 Å². The van der Waals surface area contributed by atoms with Crippen LogP contribution in [0.4, 0.5) is 0 Å². The Morgan fingerprint density at radius 3 is 1.46 bits per heavy atom. The van der Waals surface area contributed by atoms with Crippen LogP contribution in [-0.2, 0) is 10.1 Å². The summed E-state index contributed by atoms with van der Waals surface area (Å²) >= 11 is 0. The van der Waals surface area contributed by atoms with Gasteiger partial charge in [0, 0.05) is 5.25 Å². The second-order valence-corrected chi connectivity index (χ2v) is 9.22. The van der Waals surface area contributed by atoms with Gasteiger partial charge in [-0.25, -0.2) is 8.42 Å². The van der Waals surface area contributed by atoms with E-state index in [2.05, 4.69) is 6.92 Å². The molecule has 0 aliphatic rings. The maximum Gasteiger partial charge on any atom is 1.00 e. The van der Waals surface area contributed by atoms with E-state index in [0.29, 0.717) is 12.8 Å². The largest absolute Gasteiger partial charge is 1.00 e. The maximum absolute atomic E-state index is 11.4. The van der Waals surface area contributed by atoms with Gasteiger partial charge < -0.3 is 9.66 Å². The van der Waals surface area contributed by atoms with Gasteiger partial charge in [-0.3, -0.25) is 0 Å². The first kappa shape index (κ1) is 29.7. The first-order valence-corrected chi connectivity index (χ1v) is 12.0. The average Bonchev–Trinajstić information content (AvgIpc) is 2.53. The summed E-state index contributed by atoms with van der Waals surface area (Å²) in [5, 5.41) is 8.49. The second-order valence-electron chi connectivity index (χ2n) is 7.57.